The van der Waals surface area contributed by atoms with Gasteiger partial charge in [0.05, 0.1) is 6.54 Å². The van der Waals surface area contributed by atoms with Crippen molar-refractivity contribution in [2.45, 2.75) is 51.2 Å². The van der Waals surface area contributed by atoms with Crippen LogP contribution >= 0.6 is 11.8 Å². The van der Waals surface area contributed by atoms with Gasteiger partial charge in [-0.25, -0.2) is 4.79 Å². The van der Waals surface area contributed by atoms with Crippen LogP contribution in [0.2, 0.25) is 0 Å². The van der Waals surface area contributed by atoms with Crippen LogP contribution in [0, 0.1) is 0 Å². The Kier molecular flexibility index (Phi) is 6.37. The van der Waals surface area contributed by atoms with Gasteiger partial charge in [0, 0.05) is 30.4 Å². The molecule has 1 unspecified atom stereocenters. The summed E-state index contributed by atoms with van der Waals surface area (Å²) >= 11 is 1.91. The van der Waals surface area contributed by atoms with E-state index in [2.05, 4.69) is 12.2 Å². The summed E-state index contributed by atoms with van der Waals surface area (Å²) in [5, 5.41) is 12.0. The van der Waals surface area contributed by atoms with Gasteiger partial charge in [-0.15, -0.1) is 0 Å². The molecule has 1 saturated heterocycles. The molecule has 0 aromatic rings. The molecule has 0 aromatic heterocycles. The summed E-state index contributed by atoms with van der Waals surface area (Å²) in [6.07, 6.45) is 2.75. The Morgan fingerprint density at radius 1 is 1.36 bits per heavy atom. The lowest BCUT2D eigenvalue weighted by Crippen LogP contribution is -2.57. The van der Waals surface area contributed by atoms with E-state index in [1.807, 2.05) is 28.5 Å². The van der Waals surface area contributed by atoms with E-state index in [4.69, 9.17) is 5.11 Å². The second-order valence-electron chi connectivity index (χ2n) is 6.17. The lowest BCUT2D eigenvalue weighted by atomic mass is 9.85. The van der Waals surface area contributed by atoms with E-state index < -0.39 is 5.97 Å². The molecule has 0 aromatic carbocycles. The van der Waals surface area contributed by atoms with Gasteiger partial charge >= 0.3 is 12.0 Å². The van der Waals surface area contributed by atoms with E-state index in [-0.39, 0.29) is 24.7 Å². The number of carboxylic acid groups (broad SMARTS) is 1. The zero-order valence-corrected chi connectivity index (χ0v) is 14.3. The molecule has 22 heavy (non-hydrogen) atoms. The predicted octanol–water partition coefficient (Wildman–Crippen LogP) is 1.46. The second-order valence-corrected chi connectivity index (χ2v) is 7.40. The van der Waals surface area contributed by atoms with Crippen molar-refractivity contribution in [2.75, 3.05) is 31.1 Å². The summed E-state index contributed by atoms with van der Waals surface area (Å²) in [4.78, 5) is 27.1. The first-order chi connectivity index (χ1) is 10.5. The van der Waals surface area contributed by atoms with Gasteiger partial charge in [-0.1, -0.05) is 6.92 Å². The van der Waals surface area contributed by atoms with E-state index in [0.717, 1.165) is 43.9 Å². The van der Waals surface area contributed by atoms with Gasteiger partial charge in [0.1, 0.15) is 0 Å². The summed E-state index contributed by atoms with van der Waals surface area (Å²) in [6, 6.07) is 0.803. The highest BCUT2D eigenvalue weighted by atomic mass is 32.2. The predicted molar refractivity (Wildman–Crippen MR) is 88.3 cm³/mol. The van der Waals surface area contributed by atoms with Crippen molar-refractivity contribution in [1.29, 1.82) is 0 Å². The Labute approximate surface area is 136 Å². The Hall–Kier alpha value is -0.950. The largest absolute Gasteiger partial charge is 0.480 e. The summed E-state index contributed by atoms with van der Waals surface area (Å²) in [6.45, 7) is 5.72. The van der Waals surface area contributed by atoms with Crippen LogP contribution in [-0.2, 0) is 4.79 Å². The van der Waals surface area contributed by atoms with Crippen LogP contribution < -0.4 is 5.32 Å². The normalized spacial score (nSPS) is 28.9. The molecule has 2 amide bonds. The van der Waals surface area contributed by atoms with Crippen molar-refractivity contribution in [3.8, 4) is 0 Å². The monoisotopic (exact) mass is 329 g/mol. The molecule has 2 N–H and O–H groups in total. The molecular weight excluding hydrogens is 302 g/mol. The lowest BCUT2D eigenvalue weighted by Gasteiger charge is -2.43. The standard InChI is InChI=1S/C15H27N3O3S/c1-3-17(10-14(19)20)13-8-12(9-13)16-15(21)18-5-7-22-6-4-11(18)2/h11-13H,3-10H2,1-2H3,(H,16,21)(H,19,20). The third-order valence-corrected chi connectivity index (χ3v) is 5.65. The number of nitrogens with zero attached hydrogens (tertiary/aromatic N) is 2. The molecule has 1 aliphatic carbocycles. The van der Waals surface area contributed by atoms with Crippen LogP contribution in [0.15, 0.2) is 0 Å². The van der Waals surface area contributed by atoms with Crippen LogP contribution in [0.4, 0.5) is 4.79 Å². The average molecular weight is 329 g/mol. The lowest BCUT2D eigenvalue weighted by molar-refractivity contribution is -0.139. The van der Waals surface area contributed by atoms with Gasteiger partial charge in [0.2, 0.25) is 0 Å². The molecule has 1 saturated carbocycles. The number of likely N-dealkylation sites (N-methyl/N-ethyl adjacent to an activating group) is 1. The van der Waals surface area contributed by atoms with Crippen molar-refractivity contribution >= 4 is 23.8 Å². The van der Waals surface area contributed by atoms with Crippen LogP contribution in [-0.4, -0.2) is 76.2 Å². The minimum atomic E-state index is -0.787. The number of hydrogen-bond acceptors (Lipinski definition) is 4. The molecule has 1 atom stereocenters. The van der Waals surface area contributed by atoms with Crippen molar-refractivity contribution in [2.24, 2.45) is 0 Å². The molecular formula is C15H27N3O3S. The van der Waals surface area contributed by atoms with Gasteiger partial charge in [0.25, 0.3) is 0 Å². The smallest absolute Gasteiger partial charge is 0.317 e. The summed E-state index contributed by atoms with van der Waals surface area (Å²) in [5.41, 5.74) is 0. The second kappa shape index (κ2) is 8.06. The maximum atomic E-state index is 12.4. The summed E-state index contributed by atoms with van der Waals surface area (Å²) in [5.74, 6) is 1.34. The maximum absolute atomic E-state index is 12.4. The fraction of sp³-hybridized carbons (Fsp3) is 0.867. The van der Waals surface area contributed by atoms with Crippen LogP contribution in [0.1, 0.15) is 33.1 Å². The number of aliphatic carboxylic acids is 1. The SMILES string of the molecule is CCN(CC(=O)O)C1CC(NC(=O)N2CCSCCC2C)C1. The molecule has 2 aliphatic rings. The number of nitrogens with one attached hydrogen (secondary N) is 1. The molecule has 0 spiro atoms. The zero-order valence-electron chi connectivity index (χ0n) is 13.5. The molecule has 2 fully saturated rings. The van der Waals surface area contributed by atoms with Crippen LogP contribution in [0.5, 0.6) is 0 Å². The molecule has 1 aliphatic heterocycles. The van der Waals surface area contributed by atoms with Gasteiger partial charge in [-0.3, -0.25) is 9.69 Å². The van der Waals surface area contributed by atoms with Gasteiger partial charge in [-0.05, 0) is 38.5 Å². The zero-order chi connectivity index (χ0) is 16.1. The number of carboxylic acids is 1. The molecule has 6 nitrogen and oxygen atoms in total. The Morgan fingerprint density at radius 2 is 2.09 bits per heavy atom. The molecule has 126 valence electrons. The fourth-order valence-electron chi connectivity index (χ4n) is 3.13. The van der Waals surface area contributed by atoms with Crippen molar-refractivity contribution in [1.82, 2.24) is 15.1 Å². The number of amides is 2. The van der Waals surface area contributed by atoms with Gasteiger partial charge < -0.3 is 15.3 Å². The topological polar surface area (TPSA) is 72.9 Å². The Balaban J connectivity index is 1.76. The minimum Gasteiger partial charge on any atom is -0.480 e. The molecule has 0 bridgehead atoms. The van der Waals surface area contributed by atoms with Gasteiger partial charge in [-0.2, -0.15) is 11.8 Å². The van der Waals surface area contributed by atoms with E-state index >= 15 is 0 Å². The third-order valence-electron chi connectivity index (χ3n) is 4.65. The Morgan fingerprint density at radius 3 is 2.73 bits per heavy atom. The number of hydrogen-bond donors (Lipinski definition) is 2. The first kappa shape index (κ1) is 17.4. The number of carbonyl (C=O) groups excluding carboxylic acids is 1. The van der Waals surface area contributed by atoms with Crippen molar-refractivity contribution in [3.05, 3.63) is 0 Å². The molecule has 2 rings (SSSR count). The van der Waals surface area contributed by atoms with E-state index in [9.17, 15) is 9.59 Å². The third kappa shape index (κ3) is 4.52. The molecule has 0 radical (unpaired) electrons. The quantitative estimate of drug-likeness (QED) is 0.799. The van der Waals surface area contributed by atoms with E-state index in [1.165, 1.54) is 0 Å². The number of urea groups is 1. The van der Waals surface area contributed by atoms with E-state index in [1.54, 1.807) is 0 Å². The highest BCUT2D eigenvalue weighted by molar-refractivity contribution is 7.99. The van der Waals surface area contributed by atoms with E-state index in [0.29, 0.717) is 6.04 Å². The number of carbonyl (C=O) groups is 2. The van der Waals surface area contributed by atoms with Crippen LogP contribution in [0.3, 0.4) is 0 Å². The van der Waals surface area contributed by atoms with Crippen LogP contribution in [0.25, 0.3) is 0 Å². The Bertz CT molecular complexity index is 401. The maximum Gasteiger partial charge on any atom is 0.317 e. The summed E-state index contributed by atoms with van der Waals surface area (Å²) < 4.78 is 0. The highest BCUT2D eigenvalue weighted by Crippen LogP contribution is 2.26. The number of rotatable bonds is 5. The van der Waals surface area contributed by atoms with Crippen molar-refractivity contribution < 1.29 is 14.7 Å². The highest BCUT2D eigenvalue weighted by Gasteiger charge is 2.35. The first-order valence-electron chi connectivity index (χ1n) is 8.12. The summed E-state index contributed by atoms with van der Waals surface area (Å²) in [7, 11) is 0. The first-order valence-corrected chi connectivity index (χ1v) is 9.27. The number of thioether (sulfide) groups is 1. The van der Waals surface area contributed by atoms with Gasteiger partial charge in [0.15, 0.2) is 0 Å². The average Bonchev–Trinajstić information content (AvgIpc) is 2.64. The fourth-order valence-corrected chi connectivity index (χ4v) is 4.17. The molecule has 1 heterocycles. The molecule has 7 heteroatoms. The minimum absolute atomic E-state index is 0.0414. The van der Waals surface area contributed by atoms with Crippen molar-refractivity contribution in [3.63, 3.8) is 0 Å².